The number of aryl methyl sites for hydroxylation is 1. The van der Waals surface area contributed by atoms with Crippen LogP contribution < -0.4 is 25.8 Å². The van der Waals surface area contributed by atoms with Crippen LogP contribution in [0.4, 0.5) is 29.2 Å². The molecule has 3 aliphatic heterocycles. The van der Waals surface area contributed by atoms with Crippen molar-refractivity contribution in [2.45, 2.75) is 84.1 Å². The highest BCUT2D eigenvalue weighted by molar-refractivity contribution is 5.96. The van der Waals surface area contributed by atoms with E-state index in [0.717, 1.165) is 64.4 Å². The van der Waals surface area contributed by atoms with Gasteiger partial charge in [-0.25, -0.2) is 14.4 Å². The zero-order valence-electron chi connectivity index (χ0n) is 28.6. The standard InChI is InChI=1S/C32H40F4N8O3.C2H6/c1-18-4-9-38-10-11-39-27-22-26(24(33)25(41-28(22)47-18)20-14-21(37)40-19(2)23(20)32(34,35)36)42-29(43-27)45-17-30(6-7-30)15-44-12-8-31(16-44)5-3-13-46-31;1-2/h14,18,38H,3-13,15-17H2,1-2H3,(H2,37,40)(H,39,42,43);1-2H3. The van der Waals surface area contributed by atoms with Crippen LogP contribution in [-0.4, -0.2) is 89.0 Å². The van der Waals surface area contributed by atoms with Gasteiger partial charge in [0.15, 0.2) is 5.82 Å². The van der Waals surface area contributed by atoms with E-state index in [9.17, 15) is 13.2 Å². The smallest absolute Gasteiger partial charge is 0.418 e. The van der Waals surface area contributed by atoms with Gasteiger partial charge in [-0.2, -0.15) is 23.1 Å². The maximum absolute atomic E-state index is 16.6. The van der Waals surface area contributed by atoms with Gasteiger partial charge in [0.05, 0.1) is 29.6 Å². The van der Waals surface area contributed by atoms with Crippen LogP contribution >= 0.6 is 0 Å². The highest BCUT2D eigenvalue weighted by Crippen LogP contribution is 2.49. The summed E-state index contributed by atoms with van der Waals surface area (Å²) >= 11 is 0. The number of nitrogen functional groups attached to an aromatic ring is 1. The van der Waals surface area contributed by atoms with E-state index >= 15 is 4.39 Å². The van der Waals surface area contributed by atoms with E-state index in [1.165, 1.54) is 6.92 Å². The topological polar surface area (TPSA) is 133 Å². The van der Waals surface area contributed by atoms with E-state index in [-0.39, 0.29) is 45.4 Å². The first-order valence-corrected chi connectivity index (χ1v) is 17.3. The number of pyridine rings is 2. The van der Waals surface area contributed by atoms with Crippen molar-refractivity contribution in [1.29, 1.82) is 0 Å². The first-order valence-electron chi connectivity index (χ1n) is 17.3. The molecule has 1 saturated carbocycles. The third-order valence-electron chi connectivity index (χ3n) is 9.73. The van der Waals surface area contributed by atoms with Gasteiger partial charge < -0.3 is 30.6 Å². The molecule has 2 unspecified atom stereocenters. The molecular formula is C34H46F4N8O3. The SMILES string of the molecule is CC.Cc1nc(N)cc(-c2nc3c4c(nc(OCC5(CN6CCC7(CCCO7)C6)CC5)nc4c2F)NCCNCCC(C)O3)c1C(F)(F)F. The Balaban J connectivity index is 0.00000205. The molecule has 1 spiro atoms. The maximum atomic E-state index is 16.6. The van der Waals surface area contributed by atoms with Crippen molar-refractivity contribution in [3.63, 3.8) is 0 Å². The molecule has 7 rings (SSSR count). The normalized spacial score (nSPS) is 23.7. The minimum absolute atomic E-state index is 0.0279. The van der Waals surface area contributed by atoms with Crippen LogP contribution in [0.15, 0.2) is 6.07 Å². The van der Waals surface area contributed by atoms with Crippen molar-refractivity contribution in [1.82, 2.24) is 30.2 Å². The maximum Gasteiger partial charge on any atom is 0.418 e. The lowest BCUT2D eigenvalue weighted by atomic mass is 10.00. The number of nitrogens with zero attached hydrogens (tertiary/aromatic N) is 5. The summed E-state index contributed by atoms with van der Waals surface area (Å²) in [5.74, 6) is -1.14. The fraction of sp³-hybridized carbons (Fsp3) is 0.647. The van der Waals surface area contributed by atoms with Gasteiger partial charge in [-0.05, 0) is 65.0 Å². The Labute approximate surface area is 283 Å². The number of aromatic nitrogens is 4. The molecule has 3 aromatic heterocycles. The number of rotatable bonds is 6. The van der Waals surface area contributed by atoms with Crippen LogP contribution in [-0.2, 0) is 10.9 Å². The van der Waals surface area contributed by atoms with Crippen molar-refractivity contribution < 1.29 is 31.8 Å². The highest BCUT2D eigenvalue weighted by atomic mass is 19.4. The number of hydrogen-bond acceptors (Lipinski definition) is 11. The van der Waals surface area contributed by atoms with E-state index in [1.807, 2.05) is 20.8 Å². The minimum atomic E-state index is -4.86. The molecule has 15 heteroatoms. The van der Waals surface area contributed by atoms with Gasteiger partial charge >= 0.3 is 12.2 Å². The van der Waals surface area contributed by atoms with Crippen LogP contribution in [0.5, 0.6) is 11.9 Å². The van der Waals surface area contributed by atoms with Crippen molar-refractivity contribution in [3.8, 4) is 23.1 Å². The molecule has 0 bridgehead atoms. The number of nitrogens with one attached hydrogen (secondary N) is 2. The van der Waals surface area contributed by atoms with Crippen LogP contribution in [0, 0.1) is 18.2 Å². The molecule has 0 radical (unpaired) electrons. The van der Waals surface area contributed by atoms with E-state index < -0.39 is 40.6 Å². The quantitative estimate of drug-likeness (QED) is 0.273. The van der Waals surface area contributed by atoms with Crippen LogP contribution in [0.25, 0.3) is 22.2 Å². The minimum Gasteiger partial charge on any atom is -0.474 e. The van der Waals surface area contributed by atoms with E-state index in [1.54, 1.807) is 0 Å². The molecule has 3 aromatic rings. The lowest BCUT2D eigenvalue weighted by Gasteiger charge is -2.26. The second-order valence-electron chi connectivity index (χ2n) is 13.5. The third kappa shape index (κ3) is 7.48. The second-order valence-corrected chi connectivity index (χ2v) is 13.5. The predicted octanol–water partition coefficient (Wildman–Crippen LogP) is 5.75. The zero-order chi connectivity index (χ0) is 35.0. The highest BCUT2D eigenvalue weighted by Gasteiger charge is 2.49. The molecule has 268 valence electrons. The lowest BCUT2D eigenvalue weighted by molar-refractivity contribution is -0.137. The predicted molar refractivity (Wildman–Crippen MR) is 178 cm³/mol. The molecule has 6 heterocycles. The van der Waals surface area contributed by atoms with Gasteiger partial charge in [-0.15, -0.1) is 0 Å². The monoisotopic (exact) mass is 690 g/mol. The fourth-order valence-corrected chi connectivity index (χ4v) is 7.12. The molecule has 11 nitrogen and oxygen atoms in total. The van der Waals surface area contributed by atoms with Gasteiger partial charge in [-0.1, -0.05) is 13.8 Å². The molecule has 2 saturated heterocycles. The largest absolute Gasteiger partial charge is 0.474 e. The number of nitrogens with two attached hydrogens (primary N) is 1. The van der Waals surface area contributed by atoms with Gasteiger partial charge in [0, 0.05) is 50.3 Å². The molecule has 0 amide bonds. The lowest BCUT2D eigenvalue weighted by Crippen LogP contribution is -2.36. The second kappa shape index (κ2) is 14.0. The van der Waals surface area contributed by atoms with Gasteiger partial charge in [0.1, 0.15) is 28.2 Å². The summed E-state index contributed by atoms with van der Waals surface area (Å²) in [7, 11) is 0. The van der Waals surface area contributed by atoms with Crippen LogP contribution in [0.3, 0.4) is 0 Å². The van der Waals surface area contributed by atoms with Crippen LogP contribution in [0.2, 0.25) is 0 Å². The number of anilines is 2. The summed E-state index contributed by atoms with van der Waals surface area (Å²) < 4.78 is 78.1. The number of alkyl halides is 3. The third-order valence-corrected chi connectivity index (χ3v) is 9.73. The average molecular weight is 691 g/mol. The van der Waals surface area contributed by atoms with Crippen LogP contribution in [0.1, 0.15) is 70.6 Å². The number of ether oxygens (including phenoxy) is 3. The summed E-state index contributed by atoms with van der Waals surface area (Å²) in [6.07, 6.45) is 0.482. The van der Waals surface area contributed by atoms with E-state index in [2.05, 4.69) is 35.5 Å². The molecule has 1 aliphatic carbocycles. The fourth-order valence-electron chi connectivity index (χ4n) is 7.12. The Morgan fingerprint density at radius 2 is 1.88 bits per heavy atom. The van der Waals surface area contributed by atoms with Crippen molar-refractivity contribution in [3.05, 3.63) is 23.1 Å². The summed E-state index contributed by atoms with van der Waals surface area (Å²) in [4.78, 5) is 19.6. The van der Waals surface area contributed by atoms with Gasteiger partial charge in [-0.3, -0.25) is 4.90 Å². The number of hydrogen-bond donors (Lipinski definition) is 3. The Kier molecular flexibility index (Phi) is 10.1. The van der Waals surface area contributed by atoms with Gasteiger partial charge in [0.2, 0.25) is 5.88 Å². The van der Waals surface area contributed by atoms with Crippen molar-refractivity contribution in [2.24, 2.45) is 5.41 Å². The Morgan fingerprint density at radius 1 is 1.08 bits per heavy atom. The Bertz CT molecular complexity index is 1660. The van der Waals surface area contributed by atoms with E-state index in [4.69, 9.17) is 19.9 Å². The Hall–Kier alpha value is -3.56. The first-order chi connectivity index (χ1) is 23.4. The molecule has 49 heavy (non-hydrogen) atoms. The molecule has 2 atom stereocenters. The zero-order valence-corrected chi connectivity index (χ0v) is 28.6. The molecule has 0 aromatic carbocycles. The Morgan fingerprint density at radius 3 is 2.59 bits per heavy atom. The average Bonchev–Trinajstić information content (AvgIpc) is 3.47. The molecule has 4 aliphatic rings. The van der Waals surface area contributed by atoms with Crippen molar-refractivity contribution in [2.75, 3.05) is 63.5 Å². The summed E-state index contributed by atoms with van der Waals surface area (Å²) in [5.41, 5.74) is 2.82. The number of halogens is 4. The molecule has 3 fully saturated rings. The number of likely N-dealkylation sites (tertiary alicyclic amines) is 1. The van der Waals surface area contributed by atoms with Crippen molar-refractivity contribution >= 4 is 22.5 Å². The molecule has 4 N–H and O–H groups in total. The summed E-state index contributed by atoms with van der Waals surface area (Å²) in [6, 6.07) is 0.897. The summed E-state index contributed by atoms with van der Waals surface area (Å²) in [5, 5.41) is 6.64. The first kappa shape index (κ1) is 35.3. The summed E-state index contributed by atoms with van der Waals surface area (Å²) in [6.45, 7) is 12.5. The van der Waals surface area contributed by atoms with Gasteiger partial charge in [0.25, 0.3) is 0 Å². The van der Waals surface area contributed by atoms with E-state index in [0.29, 0.717) is 32.7 Å². The molecular weight excluding hydrogens is 644 g/mol.